The molecule has 8 atom stereocenters. The van der Waals surface area contributed by atoms with Crippen LogP contribution in [0, 0.1) is 0 Å². The number of carbonyl (C=O) groups is 1. The van der Waals surface area contributed by atoms with E-state index in [2.05, 4.69) is 68.2 Å². The molecule has 1 N–H and O–H groups in total. The van der Waals surface area contributed by atoms with Crippen LogP contribution in [0.4, 0.5) is 0 Å². The molecule has 91 heavy (non-hydrogen) atoms. The molecule has 0 bridgehead atoms. The van der Waals surface area contributed by atoms with E-state index in [1.807, 2.05) is 27.7 Å². The number of rotatable bonds is 15. The molecule has 7 fully saturated rings. The zero-order valence-electron chi connectivity index (χ0n) is 54.1. The van der Waals surface area contributed by atoms with Crippen LogP contribution < -0.4 is 5.32 Å². The molecule has 24 heteroatoms. The highest BCUT2D eigenvalue weighted by Gasteiger charge is 2.52. The second-order valence-corrected chi connectivity index (χ2v) is 31.9. The van der Waals surface area contributed by atoms with Gasteiger partial charge in [0.1, 0.15) is 5.78 Å². The number of ketones is 1. The van der Waals surface area contributed by atoms with Crippen molar-refractivity contribution in [3.8, 4) is 0 Å². The van der Waals surface area contributed by atoms with E-state index in [4.69, 9.17) is 73.9 Å². The van der Waals surface area contributed by atoms with E-state index in [1.54, 1.807) is 40.7 Å². The summed E-state index contributed by atoms with van der Waals surface area (Å²) in [6, 6.07) is 30.5. The van der Waals surface area contributed by atoms with Crippen molar-refractivity contribution in [2.45, 2.75) is 245 Å². The number of Topliss-reactive ketones (excluding diaryl/α,β-unsaturated/α-hetero) is 1. The van der Waals surface area contributed by atoms with Gasteiger partial charge >= 0.3 is 0 Å². The Labute approximate surface area is 562 Å². The number of hydrogen-bond donors (Lipinski definition) is 1. The molecule has 7 aliphatic heterocycles. The van der Waals surface area contributed by atoms with Gasteiger partial charge in [0.25, 0.3) is 9.05 Å². The lowest BCUT2D eigenvalue weighted by Gasteiger charge is -2.48. The van der Waals surface area contributed by atoms with Crippen LogP contribution >= 0.6 is 45.5 Å². The second-order valence-electron chi connectivity index (χ2n) is 24.4. The molecule has 3 spiro atoms. The summed E-state index contributed by atoms with van der Waals surface area (Å²) in [5.41, 5.74) is 1.40. The highest BCUT2D eigenvalue weighted by atomic mass is 35.7. The van der Waals surface area contributed by atoms with Crippen LogP contribution in [0.2, 0.25) is 15.1 Å². The zero-order chi connectivity index (χ0) is 66.2. The molecule has 508 valence electrons. The first-order chi connectivity index (χ1) is 43.3. The zero-order valence-corrected chi connectivity index (χ0v) is 59.6. The van der Waals surface area contributed by atoms with Crippen LogP contribution in [-0.2, 0) is 68.9 Å². The number of likely N-dealkylation sites (tertiary alicyclic amines) is 1. The number of nitrogens with one attached hydrogen (secondary N) is 1. The first-order valence-electron chi connectivity index (χ1n) is 32.5. The topological polar surface area (TPSA) is 197 Å². The van der Waals surface area contributed by atoms with Gasteiger partial charge in [-0.25, -0.2) is 25.3 Å². The molecule has 4 aromatic carbocycles. The SMILES string of the molecule is CC[C@@H]1CC(=O)C[C@H](CC)N1S(=O)(=O)c1ccc(Cl)cc1.CC[C@@H]1CC2(C[C@H](CC)N1)OCCO2.CC[C@@H]1CC2(C[C@H](CC)N1Cc1ccccc1)OCCO2.CC[C@@H]1CC2(C[C@H](CC)N1S(=O)(=O)c1ccc(Cl)cc1)OCCO2.O=S(=O)(Cl)c1ccc(Cl)cc1. The lowest BCUT2D eigenvalue weighted by Crippen LogP contribution is -2.57. The Kier molecular flexibility index (Phi) is 28.5. The summed E-state index contributed by atoms with van der Waals surface area (Å²) in [6.45, 7) is 22.1. The number of ether oxygens (including phenoxy) is 6. The number of nitrogens with zero attached hydrogens (tertiary/aromatic N) is 3. The molecule has 0 amide bonds. The molecule has 7 aliphatic rings. The summed E-state index contributed by atoms with van der Waals surface area (Å²) < 4.78 is 112. The van der Waals surface area contributed by atoms with Gasteiger partial charge in [0.15, 0.2) is 17.4 Å². The van der Waals surface area contributed by atoms with Crippen molar-refractivity contribution in [3.63, 3.8) is 0 Å². The molecule has 4 aromatic rings. The van der Waals surface area contributed by atoms with Crippen molar-refractivity contribution in [1.82, 2.24) is 18.8 Å². The minimum atomic E-state index is -3.61. The summed E-state index contributed by atoms with van der Waals surface area (Å²) in [7, 11) is -5.75. The Bertz CT molecular complexity index is 3170. The van der Waals surface area contributed by atoms with Gasteiger partial charge in [0.2, 0.25) is 20.0 Å². The third kappa shape index (κ3) is 19.9. The van der Waals surface area contributed by atoms with Gasteiger partial charge in [-0.05, 0) is 130 Å². The Morgan fingerprint density at radius 3 is 1.04 bits per heavy atom. The fourth-order valence-corrected chi connectivity index (χ4v) is 18.7. The normalized spacial score (nSPS) is 26.6. The lowest BCUT2D eigenvalue weighted by atomic mass is 9.87. The van der Waals surface area contributed by atoms with Gasteiger partial charge in [-0.15, -0.1) is 0 Å². The highest BCUT2D eigenvalue weighted by Crippen LogP contribution is 2.44. The highest BCUT2D eigenvalue weighted by molar-refractivity contribution is 8.13. The molecule has 0 radical (unpaired) electrons. The Morgan fingerprint density at radius 2 is 0.725 bits per heavy atom. The van der Waals surface area contributed by atoms with Crippen molar-refractivity contribution in [2.24, 2.45) is 0 Å². The van der Waals surface area contributed by atoms with Crippen LogP contribution in [0.3, 0.4) is 0 Å². The second kappa shape index (κ2) is 34.4. The molecule has 0 aliphatic carbocycles. The van der Waals surface area contributed by atoms with Crippen LogP contribution in [0.5, 0.6) is 0 Å². The van der Waals surface area contributed by atoms with Crippen LogP contribution in [-0.4, -0.2) is 150 Å². The van der Waals surface area contributed by atoms with Crippen LogP contribution in [0.1, 0.15) is 164 Å². The van der Waals surface area contributed by atoms with Gasteiger partial charge < -0.3 is 33.7 Å². The molecule has 0 unspecified atom stereocenters. The third-order valence-electron chi connectivity index (χ3n) is 18.4. The summed E-state index contributed by atoms with van der Waals surface area (Å²) in [4.78, 5) is 15.1. The standard InChI is InChI=1S/C18H27NO2.C17H24ClNO4S.C15H20ClNO3S.C11H21NO2.C6H4Cl2O2S/c1-3-16-12-18(20-10-11-21-18)13-17(4-2)19(16)14-15-8-6-5-7-9-15;1-3-14-11-17(22-9-10-23-17)12-15(4-2)19(14)24(20,21)16-7-5-13(18)6-8-16;1-3-12-9-14(18)10-13(4-2)17(12)21(19,20)15-7-5-11(16)6-8-15;1-3-9-7-11(13-5-6-14-11)8-10(4-2)12-9;7-5-1-3-6(4-2-5)11(8,9)10/h5-9,16-17H,3-4,10-14H2,1-2H3;5-8,14-15H,3-4,9-12H2,1-2H3;5-8,12-13H,3-4,9-10H2,1-2H3;9-10,12H,3-8H2,1-2H3;1-4H/t16-,17+;14-,15+;12-,13+;9-,10+;. The third-order valence-corrected chi connectivity index (χ3v) is 24.6. The summed E-state index contributed by atoms with van der Waals surface area (Å²) >= 11 is 17.2. The van der Waals surface area contributed by atoms with Gasteiger partial charge in [-0.2, -0.15) is 8.61 Å². The number of halogens is 4. The quantitative estimate of drug-likeness (QED) is 0.110. The molecule has 11 rings (SSSR count). The molecule has 0 aromatic heterocycles. The summed E-state index contributed by atoms with van der Waals surface area (Å²) in [5, 5.41) is 5.15. The number of carbonyl (C=O) groups excluding carboxylic acids is 1. The monoisotopic (exact) mass is 1400 g/mol. The molecule has 0 saturated carbocycles. The number of piperidine rings is 4. The number of benzene rings is 4. The van der Waals surface area contributed by atoms with Crippen molar-refractivity contribution in [2.75, 3.05) is 39.6 Å². The van der Waals surface area contributed by atoms with Crippen LogP contribution in [0.25, 0.3) is 0 Å². The van der Waals surface area contributed by atoms with Crippen molar-refractivity contribution >= 4 is 80.4 Å². The van der Waals surface area contributed by atoms with Gasteiger partial charge in [0.05, 0.1) is 54.3 Å². The molecule has 7 heterocycles. The van der Waals surface area contributed by atoms with Crippen LogP contribution in [0.15, 0.2) is 118 Å². The number of sulfonamides is 2. The number of hydrogen-bond acceptors (Lipinski definition) is 15. The van der Waals surface area contributed by atoms with Gasteiger partial charge in [-0.1, -0.05) is 121 Å². The lowest BCUT2D eigenvalue weighted by molar-refractivity contribution is -0.211. The minimum absolute atomic E-state index is 0.0589. The predicted octanol–water partition coefficient (Wildman–Crippen LogP) is 14.2. The molecular weight excluding hydrogens is 1310 g/mol. The molecule has 7 saturated heterocycles. The maximum absolute atomic E-state index is 13.2. The molecule has 17 nitrogen and oxygen atoms in total. The van der Waals surface area contributed by atoms with E-state index in [0.29, 0.717) is 91.0 Å². The Balaban J connectivity index is 0.000000165. The largest absolute Gasteiger partial charge is 0.347 e. The predicted molar refractivity (Wildman–Crippen MR) is 359 cm³/mol. The summed E-state index contributed by atoms with van der Waals surface area (Å²) in [5.74, 6) is -1.01. The maximum Gasteiger partial charge on any atom is 0.261 e. The average molecular weight is 1400 g/mol. The molecular formula is C67H96Cl4N4O13S3. The van der Waals surface area contributed by atoms with E-state index in [1.165, 1.54) is 46.3 Å². The Hall–Kier alpha value is -2.84. The first kappa shape index (κ1) is 75.5. The van der Waals surface area contributed by atoms with Crippen molar-refractivity contribution < 1.29 is 58.5 Å². The van der Waals surface area contributed by atoms with E-state index in [0.717, 1.165) is 97.2 Å². The van der Waals surface area contributed by atoms with Crippen molar-refractivity contribution in [3.05, 3.63) is 124 Å². The van der Waals surface area contributed by atoms with E-state index in [9.17, 15) is 30.0 Å². The Morgan fingerprint density at radius 1 is 0.418 bits per heavy atom. The minimum Gasteiger partial charge on any atom is -0.347 e. The van der Waals surface area contributed by atoms with Gasteiger partial charge in [0, 0.05) is 132 Å². The van der Waals surface area contributed by atoms with Gasteiger partial charge in [-0.3, -0.25) is 9.69 Å². The smallest absolute Gasteiger partial charge is 0.261 e. The van der Waals surface area contributed by atoms with E-state index < -0.39 is 34.9 Å². The van der Waals surface area contributed by atoms with E-state index in [-0.39, 0.29) is 56.2 Å². The maximum atomic E-state index is 13.2. The van der Waals surface area contributed by atoms with Crippen molar-refractivity contribution in [1.29, 1.82) is 0 Å². The van der Waals surface area contributed by atoms with E-state index >= 15 is 0 Å². The fraction of sp³-hybridized carbons (Fsp3) is 0.627. The first-order valence-corrected chi connectivity index (χ1v) is 38.9. The average Bonchev–Trinajstić information content (AvgIpc) is 1.67. The summed E-state index contributed by atoms with van der Waals surface area (Å²) in [6.07, 6.45) is 13.1. The fourth-order valence-electron chi connectivity index (χ4n) is 13.7.